The first-order valence-corrected chi connectivity index (χ1v) is 13.9. The molecule has 0 amide bonds. The van der Waals surface area contributed by atoms with Crippen LogP contribution in [0.3, 0.4) is 0 Å². The lowest BCUT2D eigenvalue weighted by Gasteiger charge is -2.59. The molecule has 222 valence electrons. The molecule has 9 heteroatoms. The number of phenolic OH excluding ortho intramolecular Hbond substituents is 1. The number of carbonyl (C=O) groups excluding carboxylic acids is 3. The average Bonchev–Trinajstić information content (AvgIpc) is 2.90. The summed E-state index contributed by atoms with van der Waals surface area (Å²) < 4.78 is 11.0. The Balaban J connectivity index is 1.81. The first-order valence-electron chi connectivity index (χ1n) is 13.9. The number of aliphatic hydroxyl groups excluding tert-OH is 2. The Labute approximate surface area is 244 Å². The Morgan fingerprint density at radius 2 is 1.64 bits per heavy atom. The monoisotopic (exact) mass is 576 g/mol. The molecule has 42 heavy (non-hydrogen) atoms. The molecule has 0 spiro atoms. The molecule has 2 aromatic carbocycles. The van der Waals surface area contributed by atoms with Gasteiger partial charge in [-0.15, -0.1) is 0 Å². The van der Waals surface area contributed by atoms with Crippen LogP contribution in [0.2, 0.25) is 0 Å². The van der Waals surface area contributed by atoms with E-state index in [1.807, 2.05) is 0 Å². The summed E-state index contributed by atoms with van der Waals surface area (Å²) in [4.78, 5) is 40.6. The highest BCUT2D eigenvalue weighted by Crippen LogP contribution is 2.65. The summed E-state index contributed by atoms with van der Waals surface area (Å²) in [5.41, 5.74) is -4.29. The van der Waals surface area contributed by atoms with Crippen molar-refractivity contribution >= 4 is 17.3 Å². The number of rotatable bonds is 5. The number of aromatic hydroxyl groups is 1. The van der Waals surface area contributed by atoms with Crippen LogP contribution in [0.5, 0.6) is 17.2 Å². The number of aliphatic hydroxyl groups is 3. The number of methoxy groups -OCH3 is 2. The molecule has 5 rings (SSSR count). The molecule has 4 atom stereocenters. The molecule has 3 aliphatic rings. The van der Waals surface area contributed by atoms with Crippen LogP contribution in [-0.2, 0) is 16.0 Å². The van der Waals surface area contributed by atoms with Gasteiger partial charge in [-0.3, -0.25) is 14.4 Å². The third-order valence-electron chi connectivity index (χ3n) is 9.59. The standard InChI is InChI=1S/C33H36O9/c1-15(2)25-27(36)23(16(3)34)29(38)33(40)30(39)26-28(37)24-20(13-31(26,4)14-32(25,33)5)18(10-11-21(24)35)19-9-8-17(41-6)12-22(19)42-7/h8-12,15,25,35-36,39-40H,13-14H2,1-7H3/t25?,31-,32-,33+/m1/s1. The van der Waals surface area contributed by atoms with Crippen molar-refractivity contribution in [2.24, 2.45) is 22.7 Å². The SMILES string of the molecule is COc1ccc(-c2ccc(O)c3c2C[C@]2(C)C[C@]4(C)C(C(C)C)C(O)=C(C(C)=O)C(=O)[C@]4(O)C(O)=C2C3=O)c(OC)c1. The van der Waals surface area contributed by atoms with E-state index in [1.54, 1.807) is 52.0 Å². The van der Waals surface area contributed by atoms with Gasteiger partial charge in [0.25, 0.3) is 0 Å². The summed E-state index contributed by atoms with van der Waals surface area (Å²) in [6.45, 7) is 8.08. The van der Waals surface area contributed by atoms with Crippen molar-refractivity contribution < 1.29 is 44.3 Å². The van der Waals surface area contributed by atoms with Crippen molar-refractivity contribution in [3.8, 4) is 28.4 Å². The average molecular weight is 577 g/mol. The maximum Gasteiger partial charge on any atom is 0.209 e. The number of benzene rings is 2. The lowest BCUT2D eigenvalue weighted by Crippen LogP contribution is -2.67. The molecule has 9 nitrogen and oxygen atoms in total. The molecular formula is C33H36O9. The molecule has 3 aliphatic carbocycles. The van der Waals surface area contributed by atoms with Crippen molar-refractivity contribution in [1.29, 1.82) is 0 Å². The highest BCUT2D eigenvalue weighted by atomic mass is 16.5. The topological polar surface area (TPSA) is 151 Å². The molecule has 0 fully saturated rings. The van der Waals surface area contributed by atoms with Crippen molar-refractivity contribution in [3.05, 3.63) is 64.1 Å². The fourth-order valence-corrected chi connectivity index (χ4v) is 8.01. The van der Waals surface area contributed by atoms with E-state index in [2.05, 4.69) is 0 Å². The minimum Gasteiger partial charge on any atom is -0.511 e. The maximum atomic E-state index is 14.3. The Kier molecular flexibility index (Phi) is 6.62. The van der Waals surface area contributed by atoms with Crippen LogP contribution in [0, 0.1) is 22.7 Å². The van der Waals surface area contributed by atoms with Gasteiger partial charge in [0, 0.05) is 34.0 Å². The van der Waals surface area contributed by atoms with Gasteiger partial charge in [-0.1, -0.05) is 33.8 Å². The number of fused-ring (bicyclic) bond motifs is 3. The number of phenols is 1. The Morgan fingerprint density at radius 3 is 2.21 bits per heavy atom. The molecule has 0 aliphatic heterocycles. The van der Waals surface area contributed by atoms with Crippen molar-refractivity contribution in [1.82, 2.24) is 0 Å². The molecule has 0 aromatic heterocycles. The van der Waals surface area contributed by atoms with Gasteiger partial charge in [0.1, 0.15) is 34.3 Å². The summed E-state index contributed by atoms with van der Waals surface area (Å²) in [5.74, 6) is -4.38. The molecule has 0 bridgehead atoms. The smallest absolute Gasteiger partial charge is 0.209 e. The second kappa shape index (κ2) is 9.46. The van der Waals surface area contributed by atoms with Crippen LogP contribution in [0.4, 0.5) is 0 Å². The van der Waals surface area contributed by atoms with Gasteiger partial charge in [-0.05, 0) is 55.0 Å². The zero-order chi connectivity index (χ0) is 31.1. The van der Waals surface area contributed by atoms with E-state index in [9.17, 15) is 34.8 Å². The van der Waals surface area contributed by atoms with Gasteiger partial charge in [0.15, 0.2) is 17.2 Å². The van der Waals surface area contributed by atoms with E-state index in [-0.39, 0.29) is 35.6 Å². The number of carbonyl (C=O) groups is 3. The lowest BCUT2D eigenvalue weighted by molar-refractivity contribution is -0.171. The summed E-state index contributed by atoms with van der Waals surface area (Å²) in [5, 5.41) is 46.2. The molecule has 0 radical (unpaired) electrons. The van der Waals surface area contributed by atoms with E-state index in [0.717, 1.165) is 6.92 Å². The van der Waals surface area contributed by atoms with Crippen LogP contribution in [0.15, 0.2) is 53.0 Å². The number of hydrogen-bond acceptors (Lipinski definition) is 9. The maximum absolute atomic E-state index is 14.3. The van der Waals surface area contributed by atoms with E-state index in [4.69, 9.17) is 9.47 Å². The van der Waals surface area contributed by atoms with E-state index in [1.165, 1.54) is 20.3 Å². The molecule has 0 saturated carbocycles. The Morgan fingerprint density at radius 1 is 1.00 bits per heavy atom. The fraction of sp³-hybridized carbons (Fsp3) is 0.424. The highest BCUT2D eigenvalue weighted by molar-refractivity contribution is 6.25. The van der Waals surface area contributed by atoms with Gasteiger partial charge in [-0.2, -0.15) is 0 Å². The van der Waals surface area contributed by atoms with Gasteiger partial charge in [0.05, 0.1) is 19.8 Å². The first-order chi connectivity index (χ1) is 19.6. The third-order valence-corrected chi connectivity index (χ3v) is 9.59. The summed E-state index contributed by atoms with van der Waals surface area (Å²) in [6.07, 6.45) is 0.168. The Hall–Kier alpha value is -4.11. The molecule has 4 N–H and O–H groups in total. The second-order valence-corrected chi connectivity index (χ2v) is 12.5. The van der Waals surface area contributed by atoms with Gasteiger partial charge >= 0.3 is 0 Å². The zero-order valence-corrected chi connectivity index (χ0v) is 24.8. The largest absolute Gasteiger partial charge is 0.511 e. The number of allylic oxidation sites excluding steroid dienone is 2. The van der Waals surface area contributed by atoms with E-state index < -0.39 is 56.8 Å². The second-order valence-electron chi connectivity index (χ2n) is 12.5. The van der Waals surface area contributed by atoms with E-state index in [0.29, 0.717) is 28.2 Å². The predicted octanol–water partition coefficient (Wildman–Crippen LogP) is 5.03. The van der Waals surface area contributed by atoms with Crippen LogP contribution in [0.1, 0.15) is 57.0 Å². The highest BCUT2D eigenvalue weighted by Gasteiger charge is 2.71. The molecule has 0 saturated heterocycles. The minimum atomic E-state index is -2.65. The fourth-order valence-electron chi connectivity index (χ4n) is 8.01. The molecular weight excluding hydrogens is 540 g/mol. The first kappa shape index (κ1) is 29.4. The third kappa shape index (κ3) is 3.62. The van der Waals surface area contributed by atoms with Gasteiger partial charge in [-0.25, -0.2) is 0 Å². The van der Waals surface area contributed by atoms with Crippen molar-refractivity contribution in [2.75, 3.05) is 14.2 Å². The quantitative estimate of drug-likeness (QED) is 0.359. The number of ether oxygens (including phenoxy) is 2. The molecule has 1 unspecified atom stereocenters. The van der Waals surface area contributed by atoms with Gasteiger partial charge < -0.3 is 29.9 Å². The summed E-state index contributed by atoms with van der Waals surface area (Å²) in [7, 11) is 3.05. The van der Waals surface area contributed by atoms with Crippen LogP contribution < -0.4 is 9.47 Å². The van der Waals surface area contributed by atoms with Crippen molar-refractivity contribution in [2.45, 2.75) is 53.1 Å². The Bertz CT molecular complexity index is 1630. The van der Waals surface area contributed by atoms with Crippen LogP contribution in [0.25, 0.3) is 11.1 Å². The van der Waals surface area contributed by atoms with Gasteiger partial charge in [0.2, 0.25) is 5.78 Å². The number of hydrogen-bond donors (Lipinski definition) is 4. The molecule has 2 aromatic rings. The minimum absolute atomic E-state index is 0.0136. The normalized spacial score (nSPS) is 28.8. The predicted molar refractivity (Wildman–Crippen MR) is 154 cm³/mol. The zero-order valence-electron chi connectivity index (χ0n) is 24.8. The van der Waals surface area contributed by atoms with Crippen LogP contribution in [-0.4, -0.2) is 57.6 Å². The lowest BCUT2D eigenvalue weighted by atomic mass is 9.44. The summed E-state index contributed by atoms with van der Waals surface area (Å²) in [6, 6.07) is 8.33. The molecule has 0 heterocycles. The van der Waals surface area contributed by atoms with Crippen LogP contribution >= 0.6 is 0 Å². The number of ketones is 3. The number of Topliss-reactive ketones (excluding diaryl/α,β-unsaturated/α-hetero) is 3. The van der Waals surface area contributed by atoms with E-state index >= 15 is 0 Å². The van der Waals surface area contributed by atoms with Crippen molar-refractivity contribution in [3.63, 3.8) is 0 Å². The summed E-state index contributed by atoms with van der Waals surface area (Å²) >= 11 is 0.